The Hall–Kier alpha value is -3.36. The van der Waals surface area contributed by atoms with Crippen LogP contribution in [0.4, 0.5) is 4.39 Å². The smallest absolute Gasteiger partial charge is 0.244 e. The van der Waals surface area contributed by atoms with Crippen LogP contribution < -0.4 is 0 Å². The second-order valence-corrected chi connectivity index (χ2v) is 4.70. The zero-order valence-corrected chi connectivity index (χ0v) is 11.7. The SMILES string of the molecule is O=C(C=C(O)c1[nH]ncc1Cc1ccc(F)cc1)c1nn[nH]n1. The maximum absolute atomic E-state index is 12.9. The van der Waals surface area contributed by atoms with Crippen LogP contribution in [0.2, 0.25) is 0 Å². The molecule has 1 aromatic carbocycles. The summed E-state index contributed by atoms with van der Waals surface area (Å²) in [6.45, 7) is 0. The Morgan fingerprint density at radius 3 is 2.78 bits per heavy atom. The van der Waals surface area contributed by atoms with Crippen LogP contribution in [0.25, 0.3) is 5.76 Å². The number of benzene rings is 1. The predicted molar refractivity (Wildman–Crippen MR) is 76.9 cm³/mol. The maximum Gasteiger partial charge on any atom is 0.244 e. The van der Waals surface area contributed by atoms with Crippen molar-refractivity contribution in [3.05, 3.63) is 65.0 Å². The molecule has 0 bridgehead atoms. The van der Waals surface area contributed by atoms with Crippen molar-refractivity contribution in [2.24, 2.45) is 0 Å². The molecule has 0 amide bonds. The van der Waals surface area contributed by atoms with Gasteiger partial charge in [-0.05, 0) is 22.9 Å². The summed E-state index contributed by atoms with van der Waals surface area (Å²) in [6, 6.07) is 5.98. The van der Waals surface area contributed by atoms with Gasteiger partial charge in [-0.1, -0.05) is 12.1 Å². The first-order valence-corrected chi connectivity index (χ1v) is 6.59. The summed E-state index contributed by atoms with van der Waals surface area (Å²) in [5.41, 5.74) is 1.80. The molecule has 0 radical (unpaired) electrons. The number of ketones is 1. The standard InChI is InChI=1S/C14H11FN6O2/c15-10-3-1-8(2-4-10)5-9-7-16-17-13(9)11(22)6-12(23)14-18-20-21-19-14/h1-4,6-7,22H,5H2,(H,16,17)(H,18,19,20,21). The average molecular weight is 314 g/mol. The third kappa shape index (κ3) is 3.28. The van der Waals surface area contributed by atoms with E-state index in [-0.39, 0.29) is 17.4 Å². The monoisotopic (exact) mass is 314 g/mol. The zero-order valence-electron chi connectivity index (χ0n) is 11.7. The van der Waals surface area contributed by atoms with Crippen LogP contribution >= 0.6 is 0 Å². The van der Waals surface area contributed by atoms with Gasteiger partial charge in [-0.15, -0.1) is 10.2 Å². The molecule has 0 spiro atoms. The molecule has 2 heterocycles. The van der Waals surface area contributed by atoms with Crippen molar-refractivity contribution in [2.75, 3.05) is 0 Å². The number of aliphatic hydroxyl groups excluding tert-OH is 1. The number of carbonyl (C=O) groups is 1. The summed E-state index contributed by atoms with van der Waals surface area (Å²) < 4.78 is 12.9. The third-order valence-electron chi connectivity index (χ3n) is 3.12. The van der Waals surface area contributed by atoms with Crippen LogP contribution in [-0.2, 0) is 6.42 Å². The van der Waals surface area contributed by atoms with Crippen molar-refractivity contribution < 1.29 is 14.3 Å². The molecule has 0 aliphatic heterocycles. The molecule has 9 heteroatoms. The minimum absolute atomic E-state index is 0.156. The van der Waals surface area contributed by atoms with Gasteiger partial charge in [0.15, 0.2) is 0 Å². The predicted octanol–water partition coefficient (Wildman–Crippen LogP) is 1.43. The number of allylic oxidation sites excluding steroid dienone is 1. The molecule has 0 saturated carbocycles. The number of rotatable bonds is 5. The Morgan fingerprint density at radius 2 is 2.09 bits per heavy atom. The molecular weight excluding hydrogens is 303 g/mol. The first-order valence-electron chi connectivity index (χ1n) is 6.59. The first-order chi connectivity index (χ1) is 11.1. The fourth-order valence-corrected chi connectivity index (χ4v) is 2.02. The van der Waals surface area contributed by atoms with Crippen LogP contribution in [0.5, 0.6) is 0 Å². The van der Waals surface area contributed by atoms with Crippen molar-refractivity contribution in [2.45, 2.75) is 6.42 Å². The number of aromatic amines is 2. The lowest BCUT2D eigenvalue weighted by Gasteiger charge is -2.03. The van der Waals surface area contributed by atoms with E-state index in [4.69, 9.17) is 0 Å². The highest BCUT2D eigenvalue weighted by atomic mass is 19.1. The lowest BCUT2D eigenvalue weighted by Crippen LogP contribution is -2.01. The van der Waals surface area contributed by atoms with E-state index in [0.29, 0.717) is 17.7 Å². The van der Waals surface area contributed by atoms with Gasteiger partial charge < -0.3 is 5.11 Å². The van der Waals surface area contributed by atoms with Gasteiger partial charge in [-0.25, -0.2) is 4.39 Å². The summed E-state index contributed by atoms with van der Waals surface area (Å²) >= 11 is 0. The van der Waals surface area contributed by atoms with Crippen LogP contribution in [0, 0.1) is 5.82 Å². The van der Waals surface area contributed by atoms with Crippen molar-refractivity contribution >= 4 is 11.5 Å². The quantitative estimate of drug-likeness (QED) is 0.372. The number of aromatic nitrogens is 6. The molecule has 3 aromatic rings. The Labute approximate surface area is 129 Å². The molecule has 0 atom stereocenters. The van der Waals surface area contributed by atoms with Crippen molar-refractivity contribution in [1.82, 2.24) is 30.8 Å². The highest BCUT2D eigenvalue weighted by Gasteiger charge is 2.14. The molecule has 23 heavy (non-hydrogen) atoms. The summed E-state index contributed by atoms with van der Waals surface area (Å²) in [6.07, 6.45) is 2.93. The third-order valence-corrected chi connectivity index (χ3v) is 3.12. The van der Waals surface area contributed by atoms with Crippen molar-refractivity contribution in [3.8, 4) is 0 Å². The second kappa shape index (κ2) is 6.18. The number of aliphatic hydroxyl groups is 1. The number of carbonyl (C=O) groups excluding carboxylic acids is 1. The number of nitrogens with zero attached hydrogens (tertiary/aromatic N) is 4. The Bertz CT molecular complexity index is 839. The van der Waals surface area contributed by atoms with Gasteiger partial charge in [0.2, 0.25) is 11.6 Å². The molecule has 0 aliphatic rings. The largest absolute Gasteiger partial charge is 0.506 e. The van der Waals surface area contributed by atoms with Gasteiger partial charge in [0.25, 0.3) is 0 Å². The molecule has 0 aliphatic carbocycles. The molecule has 0 fully saturated rings. The molecule has 3 N–H and O–H groups in total. The molecule has 2 aromatic heterocycles. The van der Waals surface area contributed by atoms with Crippen LogP contribution in [0.3, 0.4) is 0 Å². The van der Waals surface area contributed by atoms with E-state index in [9.17, 15) is 14.3 Å². The van der Waals surface area contributed by atoms with E-state index >= 15 is 0 Å². The van der Waals surface area contributed by atoms with E-state index in [2.05, 4.69) is 30.8 Å². The molecule has 116 valence electrons. The Balaban J connectivity index is 1.82. The molecule has 0 unspecified atom stereocenters. The van der Waals surface area contributed by atoms with E-state index in [0.717, 1.165) is 11.6 Å². The summed E-state index contributed by atoms with van der Waals surface area (Å²) in [5.74, 6) is -1.38. The van der Waals surface area contributed by atoms with Crippen LogP contribution in [0.15, 0.2) is 36.5 Å². The Kier molecular flexibility index (Phi) is 3.91. The first kappa shape index (κ1) is 14.6. The number of tetrazole rings is 1. The summed E-state index contributed by atoms with van der Waals surface area (Å²) in [7, 11) is 0. The van der Waals surface area contributed by atoms with Crippen molar-refractivity contribution in [3.63, 3.8) is 0 Å². The second-order valence-electron chi connectivity index (χ2n) is 4.70. The van der Waals surface area contributed by atoms with E-state index < -0.39 is 5.78 Å². The van der Waals surface area contributed by atoms with Gasteiger partial charge >= 0.3 is 0 Å². The van der Waals surface area contributed by atoms with Crippen molar-refractivity contribution in [1.29, 1.82) is 0 Å². The number of nitrogens with one attached hydrogen (secondary N) is 2. The van der Waals surface area contributed by atoms with Gasteiger partial charge in [0.05, 0.1) is 6.20 Å². The maximum atomic E-state index is 12.9. The molecule has 0 saturated heterocycles. The highest BCUT2D eigenvalue weighted by molar-refractivity contribution is 6.05. The lowest BCUT2D eigenvalue weighted by molar-refractivity contribution is 0.103. The normalized spacial score (nSPS) is 11.6. The highest BCUT2D eigenvalue weighted by Crippen LogP contribution is 2.18. The topological polar surface area (TPSA) is 120 Å². The number of halogens is 1. The van der Waals surface area contributed by atoms with Crippen LogP contribution in [0.1, 0.15) is 27.4 Å². The van der Waals surface area contributed by atoms with Gasteiger partial charge in [0.1, 0.15) is 17.3 Å². The molecule has 8 nitrogen and oxygen atoms in total. The Morgan fingerprint density at radius 1 is 1.30 bits per heavy atom. The van der Waals surface area contributed by atoms with E-state index in [1.165, 1.54) is 18.3 Å². The average Bonchev–Trinajstić information content (AvgIpc) is 3.20. The number of H-pyrrole nitrogens is 2. The zero-order chi connectivity index (χ0) is 16.2. The summed E-state index contributed by atoms with van der Waals surface area (Å²) in [5, 5.41) is 29.1. The van der Waals surface area contributed by atoms with Gasteiger partial charge in [0, 0.05) is 18.1 Å². The number of hydrogen-bond donors (Lipinski definition) is 3. The molecular formula is C14H11FN6O2. The molecule has 3 rings (SSSR count). The van der Waals surface area contributed by atoms with Gasteiger partial charge in [-0.2, -0.15) is 10.3 Å². The minimum atomic E-state index is -0.599. The lowest BCUT2D eigenvalue weighted by atomic mass is 10.0. The van der Waals surface area contributed by atoms with E-state index in [1.54, 1.807) is 12.1 Å². The fourth-order valence-electron chi connectivity index (χ4n) is 2.02. The summed E-state index contributed by atoms with van der Waals surface area (Å²) in [4.78, 5) is 11.8. The van der Waals surface area contributed by atoms with Gasteiger partial charge in [-0.3, -0.25) is 9.89 Å². The van der Waals surface area contributed by atoms with E-state index in [1.807, 2.05) is 0 Å². The van der Waals surface area contributed by atoms with Crippen LogP contribution in [-0.4, -0.2) is 41.7 Å². The fraction of sp³-hybridized carbons (Fsp3) is 0.0714. The minimum Gasteiger partial charge on any atom is -0.506 e. The number of hydrogen-bond acceptors (Lipinski definition) is 6.